The molecular weight excluding hydrogens is 208 g/mol. The van der Waals surface area contributed by atoms with Crippen molar-refractivity contribution in [3.05, 3.63) is 0 Å². The molecule has 4 atom stereocenters. The van der Waals surface area contributed by atoms with E-state index >= 15 is 0 Å². The van der Waals surface area contributed by atoms with Crippen LogP contribution in [0, 0.1) is 5.92 Å². The lowest BCUT2D eigenvalue weighted by molar-refractivity contribution is -0.394. The number of ether oxygens (including phenoxy) is 3. The van der Waals surface area contributed by atoms with Crippen molar-refractivity contribution < 1.29 is 19.0 Å². The van der Waals surface area contributed by atoms with Crippen LogP contribution in [0.4, 0.5) is 0 Å². The summed E-state index contributed by atoms with van der Waals surface area (Å²) in [6.45, 7) is 6.04. The third-order valence-electron chi connectivity index (χ3n) is 3.58. The highest BCUT2D eigenvalue weighted by molar-refractivity contribution is 5.50. The fourth-order valence-corrected chi connectivity index (χ4v) is 2.32. The second-order valence-electron chi connectivity index (χ2n) is 4.87. The summed E-state index contributed by atoms with van der Waals surface area (Å²) in [6.07, 6.45) is 3.20. The van der Waals surface area contributed by atoms with E-state index in [-0.39, 0.29) is 24.2 Å². The number of carbonyl (C=O) groups is 1. The van der Waals surface area contributed by atoms with Gasteiger partial charge >= 0.3 is 0 Å². The minimum absolute atomic E-state index is 0.0393. The Bertz CT molecular complexity index is 256. The molecule has 0 radical (unpaired) electrons. The van der Waals surface area contributed by atoms with Crippen LogP contribution in [0.3, 0.4) is 0 Å². The molecule has 92 valence electrons. The Labute approximate surface area is 96.2 Å². The fraction of sp³-hybridized carbons (Fsp3) is 0.917. The standard InChI is InChI=1S/C12H20O4/c1-8-4-5-11(6-7-13)16-12(8)14-9(2)10(3)15-12/h7-11H,4-6H2,1-3H3/t8-,9-,10-,11+/m1/s1. The minimum Gasteiger partial charge on any atom is -0.323 e. The zero-order valence-electron chi connectivity index (χ0n) is 10.1. The average molecular weight is 228 g/mol. The van der Waals surface area contributed by atoms with Gasteiger partial charge in [-0.15, -0.1) is 0 Å². The van der Waals surface area contributed by atoms with E-state index in [1.165, 1.54) is 0 Å². The monoisotopic (exact) mass is 228 g/mol. The van der Waals surface area contributed by atoms with E-state index in [9.17, 15) is 4.79 Å². The van der Waals surface area contributed by atoms with E-state index in [0.29, 0.717) is 6.42 Å². The summed E-state index contributed by atoms with van der Waals surface area (Å²) >= 11 is 0. The smallest absolute Gasteiger partial charge is 0.286 e. The van der Waals surface area contributed by atoms with Crippen LogP contribution in [-0.4, -0.2) is 30.6 Å². The molecule has 2 aliphatic rings. The molecule has 0 aromatic heterocycles. The Morgan fingerprint density at radius 2 is 1.75 bits per heavy atom. The molecule has 2 saturated heterocycles. The van der Waals surface area contributed by atoms with Crippen LogP contribution in [0.1, 0.15) is 40.0 Å². The molecule has 0 unspecified atom stereocenters. The molecule has 0 bridgehead atoms. The Kier molecular flexibility index (Phi) is 3.33. The van der Waals surface area contributed by atoms with Gasteiger partial charge < -0.3 is 19.0 Å². The zero-order valence-corrected chi connectivity index (χ0v) is 10.1. The van der Waals surface area contributed by atoms with E-state index in [1.54, 1.807) is 0 Å². The van der Waals surface area contributed by atoms with Crippen LogP contribution in [-0.2, 0) is 19.0 Å². The predicted octanol–water partition coefficient (Wildman–Crippen LogP) is 1.87. The van der Waals surface area contributed by atoms with Crippen molar-refractivity contribution in [1.29, 1.82) is 0 Å². The summed E-state index contributed by atoms with van der Waals surface area (Å²) in [5, 5.41) is 0. The molecule has 0 aromatic carbocycles. The summed E-state index contributed by atoms with van der Waals surface area (Å²) in [5.74, 6) is -0.701. The Morgan fingerprint density at radius 1 is 1.12 bits per heavy atom. The molecule has 2 heterocycles. The van der Waals surface area contributed by atoms with Crippen molar-refractivity contribution in [2.24, 2.45) is 5.92 Å². The molecule has 2 fully saturated rings. The maximum Gasteiger partial charge on any atom is 0.286 e. The summed E-state index contributed by atoms with van der Waals surface area (Å²) in [7, 11) is 0. The summed E-state index contributed by atoms with van der Waals surface area (Å²) < 4.78 is 17.5. The molecule has 0 aliphatic carbocycles. The lowest BCUT2D eigenvalue weighted by Crippen LogP contribution is -2.48. The molecular formula is C12H20O4. The van der Waals surface area contributed by atoms with Crippen LogP contribution in [0.15, 0.2) is 0 Å². The first-order valence-electron chi connectivity index (χ1n) is 6.04. The van der Waals surface area contributed by atoms with Gasteiger partial charge in [-0.25, -0.2) is 0 Å². The summed E-state index contributed by atoms with van der Waals surface area (Å²) in [4.78, 5) is 10.5. The van der Waals surface area contributed by atoms with Gasteiger partial charge in [-0.2, -0.15) is 0 Å². The van der Waals surface area contributed by atoms with Crippen molar-refractivity contribution in [3.8, 4) is 0 Å². The highest BCUT2D eigenvalue weighted by atomic mass is 16.9. The molecule has 2 rings (SSSR count). The van der Waals surface area contributed by atoms with E-state index in [0.717, 1.165) is 19.1 Å². The molecule has 2 aliphatic heterocycles. The molecule has 0 aromatic rings. The fourth-order valence-electron chi connectivity index (χ4n) is 2.32. The lowest BCUT2D eigenvalue weighted by Gasteiger charge is -2.40. The van der Waals surface area contributed by atoms with Crippen molar-refractivity contribution in [1.82, 2.24) is 0 Å². The van der Waals surface area contributed by atoms with Gasteiger partial charge in [-0.05, 0) is 26.7 Å². The maximum absolute atomic E-state index is 10.5. The van der Waals surface area contributed by atoms with Gasteiger partial charge in [0, 0.05) is 12.3 Å². The van der Waals surface area contributed by atoms with E-state index < -0.39 is 5.97 Å². The van der Waals surface area contributed by atoms with Crippen molar-refractivity contribution >= 4 is 6.29 Å². The van der Waals surface area contributed by atoms with Gasteiger partial charge in [0.25, 0.3) is 5.97 Å². The highest BCUT2D eigenvalue weighted by Crippen LogP contribution is 2.42. The maximum atomic E-state index is 10.5. The Hall–Kier alpha value is -0.450. The van der Waals surface area contributed by atoms with Gasteiger partial charge in [-0.3, -0.25) is 0 Å². The van der Waals surface area contributed by atoms with Crippen molar-refractivity contribution in [2.45, 2.75) is 64.3 Å². The average Bonchev–Trinajstić information content (AvgIpc) is 2.50. The normalized spacial score (nSPS) is 42.4. The molecule has 4 heteroatoms. The SMILES string of the molecule is C[C@@H]1CC[C@@H](CC=O)OC12O[C@H](C)[C@@H](C)O2. The number of rotatable bonds is 2. The van der Waals surface area contributed by atoms with Gasteiger partial charge in [0.2, 0.25) is 0 Å². The number of hydrogen-bond donors (Lipinski definition) is 0. The van der Waals surface area contributed by atoms with Crippen LogP contribution in [0.2, 0.25) is 0 Å². The topological polar surface area (TPSA) is 44.8 Å². The lowest BCUT2D eigenvalue weighted by atomic mass is 9.95. The molecule has 4 nitrogen and oxygen atoms in total. The van der Waals surface area contributed by atoms with Crippen LogP contribution >= 0.6 is 0 Å². The molecule has 0 N–H and O–H groups in total. The zero-order chi connectivity index (χ0) is 11.8. The second-order valence-corrected chi connectivity index (χ2v) is 4.87. The molecule has 0 saturated carbocycles. The number of carbonyl (C=O) groups excluding carboxylic acids is 1. The summed E-state index contributed by atoms with van der Waals surface area (Å²) in [6, 6.07) is 0. The minimum atomic E-state index is -0.912. The number of hydrogen-bond acceptors (Lipinski definition) is 4. The first kappa shape index (κ1) is 12.0. The third kappa shape index (κ3) is 2.01. The van der Waals surface area contributed by atoms with Crippen molar-refractivity contribution in [2.75, 3.05) is 0 Å². The first-order valence-corrected chi connectivity index (χ1v) is 6.04. The molecule has 0 amide bonds. The Morgan fingerprint density at radius 3 is 2.31 bits per heavy atom. The number of aldehydes is 1. The second kappa shape index (κ2) is 4.43. The van der Waals surface area contributed by atoms with Crippen LogP contribution < -0.4 is 0 Å². The van der Waals surface area contributed by atoms with Crippen molar-refractivity contribution in [3.63, 3.8) is 0 Å². The summed E-state index contributed by atoms with van der Waals surface area (Å²) in [5.41, 5.74) is 0. The molecule has 1 spiro atoms. The predicted molar refractivity (Wildman–Crippen MR) is 57.8 cm³/mol. The van der Waals surface area contributed by atoms with Crippen LogP contribution in [0.25, 0.3) is 0 Å². The van der Waals surface area contributed by atoms with Gasteiger partial charge in [0.05, 0.1) is 18.3 Å². The van der Waals surface area contributed by atoms with E-state index in [2.05, 4.69) is 6.92 Å². The first-order chi connectivity index (χ1) is 7.57. The van der Waals surface area contributed by atoms with Crippen LogP contribution in [0.5, 0.6) is 0 Å². The third-order valence-corrected chi connectivity index (χ3v) is 3.58. The quantitative estimate of drug-likeness (QED) is 0.677. The highest BCUT2D eigenvalue weighted by Gasteiger charge is 2.52. The van der Waals surface area contributed by atoms with Gasteiger partial charge in [0.15, 0.2) is 0 Å². The Balaban J connectivity index is 2.09. The molecule has 16 heavy (non-hydrogen) atoms. The van der Waals surface area contributed by atoms with E-state index in [1.807, 2.05) is 13.8 Å². The van der Waals surface area contributed by atoms with E-state index in [4.69, 9.17) is 14.2 Å². The van der Waals surface area contributed by atoms with Gasteiger partial charge in [0.1, 0.15) is 6.29 Å². The van der Waals surface area contributed by atoms with Gasteiger partial charge in [-0.1, -0.05) is 6.92 Å². The largest absolute Gasteiger partial charge is 0.323 e.